The number of hydrogen-bond acceptors (Lipinski definition) is 5. The number of carbonyl (C=O) groups is 1. The molecule has 0 atom stereocenters. The Kier molecular flexibility index (Phi) is 4.71. The van der Waals surface area contributed by atoms with Gasteiger partial charge in [-0.3, -0.25) is 4.79 Å². The Morgan fingerprint density at radius 3 is 2.09 bits per heavy atom. The third kappa shape index (κ3) is 3.74. The van der Waals surface area contributed by atoms with Gasteiger partial charge in [0.15, 0.2) is 0 Å². The molecule has 3 heterocycles. The maximum atomic E-state index is 12.3. The molecule has 2 saturated heterocycles. The van der Waals surface area contributed by atoms with Crippen molar-refractivity contribution in [1.82, 2.24) is 20.4 Å². The van der Waals surface area contributed by atoms with Crippen LogP contribution in [0.4, 0.5) is 0 Å². The fourth-order valence-electron chi connectivity index (χ4n) is 3.45. The molecule has 23 heavy (non-hydrogen) atoms. The van der Waals surface area contributed by atoms with E-state index in [-0.39, 0.29) is 11.3 Å². The Morgan fingerprint density at radius 2 is 1.57 bits per heavy atom. The van der Waals surface area contributed by atoms with E-state index in [1.54, 1.807) is 0 Å². The molecule has 128 valence electrons. The molecular weight excluding hydrogens is 292 g/mol. The highest BCUT2D eigenvalue weighted by Gasteiger charge is 2.32. The number of hydrogen-bond donors (Lipinski definition) is 1. The second kappa shape index (κ2) is 6.59. The zero-order valence-corrected chi connectivity index (χ0v) is 14.5. The monoisotopic (exact) mass is 320 g/mol. The predicted octanol–water partition coefficient (Wildman–Crippen LogP) is 2.29. The van der Waals surface area contributed by atoms with Crippen LogP contribution in [0.2, 0.25) is 0 Å². The van der Waals surface area contributed by atoms with Crippen molar-refractivity contribution in [3.05, 3.63) is 11.8 Å². The summed E-state index contributed by atoms with van der Waals surface area (Å²) in [6.45, 7) is 9.54. The minimum atomic E-state index is -0.306. The Labute approximate surface area is 138 Å². The fourth-order valence-corrected chi connectivity index (χ4v) is 3.45. The van der Waals surface area contributed by atoms with Crippen molar-refractivity contribution < 1.29 is 9.21 Å². The van der Waals surface area contributed by atoms with E-state index in [2.05, 4.69) is 15.5 Å². The number of piperidine rings is 2. The van der Waals surface area contributed by atoms with Gasteiger partial charge in [-0.2, -0.15) is 0 Å². The molecule has 0 bridgehead atoms. The van der Waals surface area contributed by atoms with Gasteiger partial charge < -0.3 is 14.6 Å². The molecule has 0 aromatic carbocycles. The predicted molar refractivity (Wildman–Crippen MR) is 87.2 cm³/mol. The molecule has 1 aromatic heterocycles. The summed E-state index contributed by atoms with van der Waals surface area (Å²) in [5.74, 6) is 2.50. The van der Waals surface area contributed by atoms with Crippen LogP contribution in [0.15, 0.2) is 4.42 Å². The Hall–Kier alpha value is -1.43. The summed E-state index contributed by atoms with van der Waals surface area (Å²) < 4.78 is 5.97. The number of aromatic nitrogens is 2. The van der Waals surface area contributed by atoms with Gasteiger partial charge in [-0.1, -0.05) is 20.8 Å². The lowest BCUT2D eigenvalue weighted by Gasteiger charge is -2.34. The van der Waals surface area contributed by atoms with Crippen LogP contribution < -0.4 is 5.32 Å². The van der Waals surface area contributed by atoms with Crippen LogP contribution in [0.1, 0.15) is 70.1 Å². The highest BCUT2D eigenvalue weighted by atomic mass is 16.4. The number of carbonyl (C=O) groups excluding carboxylic acids is 1. The first-order valence-corrected chi connectivity index (χ1v) is 8.78. The standard InChI is InChI=1S/C17H28N4O2/c1-17(2,3)16(22)21-10-6-13(7-11-21)15-20-19-14(23-15)12-4-8-18-9-5-12/h12-13,18H,4-11H2,1-3H3. The average molecular weight is 320 g/mol. The number of likely N-dealkylation sites (tertiary alicyclic amines) is 1. The molecular formula is C17H28N4O2. The molecule has 2 aliphatic heterocycles. The van der Waals surface area contributed by atoms with Crippen LogP contribution in [0.5, 0.6) is 0 Å². The molecule has 0 spiro atoms. The minimum Gasteiger partial charge on any atom is -0.425 e. The summed E-state index contributed by atoms with van der Waals surface area (Å²) in [6, 6.07) is 0. The van der Waals surface area contributed by atoms with E-state index in [4.69, 9.17) is 4.42 Å². The van der Waals surface area contributed by atoms with Crippen molar-refractivity contribution in [2.75, 3.05) is 26.2 Å². The smallest absolute Gasteiger partial charge is 0.227 e. The van der Waals surface area contributed by atoms with Gasteiger partial charge in [0.25, 0.3) is 0 Å². The summed E-state index contributed by atoms with van der Waals surface area (Å²) in [5, 5.41) is 11.9. The van der Waals surface area contributed by atoms with E-state index >= 15 is 0 Å². The SMILES string of the molecule is CC(C)(C)C(=O)N1CCC(c2nnc(C3CCNCC3)o2)CC1. The van der Waals surface area contributed by atoms with Crippen molar-refractivity contribution in [1.29, 1.82) is 0 Å². The van der Waals surface area contributed by atoms with Crippen LogP contribution in [-0.4, -0.2) is 47.2 Å². The molecule has 3 rings (SSSR count). The zero-order chi connectivity index (χ0) is 16.4. The van der Waals surface area contributed by atoms with Gasteiger partial charge in [0.1, 0.15) is 0 Å². The number of amides is 1. The first kappa shape index (κ1) is 16.4. The van der Waals surface area contributed by atoms with Gasteiger partial charge in [0.05, 0.1) is 0 Å². The summed E-state index contributed by atoms with van der Waals surface area (Å²) in [6.07, 6.45) is 3.96. The lowest BCUT2D eigenvalue weighted by Crippen LogP contribution is -2.43. The maximum Gasteiger partial charge on any atom is 0.227 e. The van der Waals surface area contributed by atoms with Crippen molar-refractivity contribution in [2.45, 2.75) is 58.3 Å². The first-order chi connectivity index (χ1) is 10.9. The second-order valence-corrected chi connectivity index (χ2v) is 7.82. The third-order valence-electron chi connectivity index (χ3n) is 4.92. The van der Waals surface area contributed by atoms with E-state index in [0.717, 1.165) is 63.6 Å². The second-order valence-electron chi connectivity index (χ2n) is 7.82. The molecule has 6 nitrogen and oxygen atoms in total. The Bertz CT molecular complexity index is 535. The van der Waals surface area contributed by atoms with Crippen molar-refractivity contribution >= 4 is 5.91 Å². The number of rotatable bonds is 2. The summed E-state index contributed by atoms with van der Waals surface area (Å²) in [4.78, 5) is 14.3. The number of nitrogens with one attached hydrogen (secondary N) is 1. The minimum absolute atomic E-state index is 0.233. The fraction of sp³-hybridized carbons (Fsp3) is 0.824. The molecule has 0 radical (unpaired) electrons. The molecule has 0 unspecified atom stereocenters. The van der Waals surface area contributed by atoms with Crippen LogP contribution in [0, 0.1) is 5.41 Å². The normalized spacial score (nSPS) is 21.6. The van der Waals surface area contributed by atoms with Gasteiger partial charge in [0.2, 0.25) is 17.7 Å². The topological polar surface area (TPSA) is 71.3 Å². The molecule has 2 fully saturated rings. The molecule has 1 N–H and O–H groups in total. The summed E-state index contributed by atoms with van der Waals surface area (Å²) >= 11 is 0. The molecule has 1 amide bonds. The quantitative estimate of drug-likeness (QED) is 0.905. The van der Waals surface area contributed by atoms with Crippen LogP contribution in [0.25, 0.3) is 0 Å². The van der Waals surface area contributed by atoms with Crippen molar-refractivity contribution in [2.24, 2.45) is 5.41 Å². The zero-order valence-electron chi connectivity index (χ0n) is 14.5. The van der Waals surface area contributed by atoms with Gasteiger partial charge in [-0.15, -0.1) is 10.2 Å². The van der Waals surface area contributed by atoms with Gasteiger partial charge in [0, 0.05) is 30.3 Å². The Balaban J connectivity index is 1.58. The highest BCUT2D eigenvalue weighted by Crippen LogP contribution is 2.31. The Morgan fingerprint density at radius 1 is 1.04 bits per heavy atom. The molecule has 1 aromatic rings. The lowest BCUT2D eigenvalue weighted by molar-refractivity contribution is -0.140. The van der Waals surface area contributed by atoms with E-state index in [9.17, 15) is 4.79 Å². The first-order valence-electron chi connectivity index (χ1n) is 8.78. The maximum absolute atomic E-state index is 12.3. The largest absolute Gasteiger partial charge is 0.425 e. The molecule has 0 saturated carbocycles. The van der Waals surface area contributed by atoms with Crippen LogP contribution >= 0.6 is 0 Å². The van der Waals surface area contributed by atoms with Crippen LogP contribution in [-0.2, 0) is 4.79 Å². The van der Waals surface area contributed by atoms with E-state index in [1.807, 2.05) is 25.7 Å². The van der Waals surface area contributed by atoms with E-state index in [1.165, 1.54) is 0 Å². The van der Waals surface area contributed by atoms with Gasteiger partial charge in [-0.25, -0.2) is 0 Å². The number of nitrogens with zero attached hydrogens (tertiary/aromatic N) is 3. The lowest BCUT2D eigenvalue weighted by atomic mass is 9.91. The van der Waals surface area contributed by atoms with Gasteiger partial charge in [-0.05, 0) is 38.8 Å². The van der Waals surface area contributed by atoms with E-state index in [0.29, 0.717) is 11.8 Å². The van der Waals surface area contributed by atoms with E-state index < -0.39 is 0 Å². The highest BCUT2D eigenvalue weighted by molar-refractivity contribution is 5.81. The van der Waals surface area contributed by atoms with Gasteiger partial charge >= 0.3 is 0 Å². The van der Waals surface area contributed by atoms with Crippen LogP contribution in [0.3, 0.4) is 0 Å². The summed E-state index contributed by atoms with van der Waals surface area (Å²) in [5.41, 5.74) is -0.306. The molecule has 2 aliphatic rings. The molecule has 0 aliphatic carbocycles. The average Bonchev–Trinajstić information content (AvgIpc) is 3.04. The van der Waals surface area contributed by atoms with Crippen molar-refractivity contribution in [3.8, 4) is 0 Å². The third-order valence-corrected chi connectivity index (χ3v) is 4.92. The molecule has 6 heteroatoms. The van der Waals surface area contributed by atoms with Crippen molar-refractivity contribution in [3.63, 3.8) is 0 Å². The summed E-state index contributed by atoms with van der Waals surface area (Å²) in [7, 11) is 0.